The van der Waals surface area contributed by atoms with E-state index in [2.05, 4.69) is 5.32 Å². The molecule has 7 heteroatoms. The third kappa shape index (κ3) is 3.82. The van der Waals surface area contributed by atoms with Crippen molar-refractivity contribution in [3.63, 3.8) is 0 Å². The number of nitrogens with one attached hydrogen (secondary N) is 1. The van der Waals surface area contributed by atoms with E-state index in [9.17, 15) is 9.59 Å². The predicted molar refractivity (Wildman–Crippen MR) is 109 cm³/mol. The Bertz CT molecular complexity index is 938. The van der Waals surface area contributed by atoms with Gasteiger partial charge in [0.1, 0.15) is 5.70 Å². The molecule has 0 saturated heterocycles. The number of hydrogen-bond donors (Lipinski definition) is 1. The Balaban J connectivity index is 2.02. The second kappa shape index (κ2) is 8.35. The van der Waals surface area contributed by atoms with Gasteiger partial charge in [-0.25, -0.2) is 0 Å². The molecule has 6 nitrogen and oxygen atoms in total. The fourth-order valence-electron chi connectivity index (χ4n) is 2.92. The van der Waals surface area contributed by atoms with Crippen LogP contribution in [0.5, 0.6) is 11.5 Å². The van der Waals surface area contributed by atoms with Crippen LogP contribution < -0.4 is 14.8 Å². The number of benzene rings is 2. The normalized spacial score (nSPS) is 13.9. The molecule has 2 aromatic carbocycles. The lowest BCUT2D eigenvalue weighted by atomic mass is 10.0. The number of halogens is 1. The van der Waals surface area contributed by atoms with E-state index in [1.807, 2.05) is 13.8 Å². The van der Waals surface area contributed by atoms with Crippen LogP contribution in [-0.4, -0.2) is 37.0 Å². The molecule has 0 aliphatic carbocycles. The molecule has 28 heavy (non-hydrogen) atoms. The van der Waals surface area contributed by atoms with Gasteiger partial charge < -0.3 is 14.8 Å². The first-order chi connectivity index (χ1) is 13.5. The van der Waals surface area contributed by atoms with Crippen LogP contribution in [0.3, 0.4) is 0 Å². The van der Waals surface area contributed by atoms with Gasteiger partial charge in [-0.1, -0.05) is 23.7 Å². The van der Waals surface area contributed by atoms with Crippen LogP contribution in [0.4, 0.5) is 5.69 Å². The predicted octanol–water partition coefficient (Wildman–Crippen LogP) is 3.96. The lowest BCUT2D eigenvalue weighted by Crippen LogP contribution is -2.27. The van der Waals surface area contributed by atoms with Crippen molar-refractivity contribution in [2.45, 2.75) is 13.8 Å². The first kappa shape index (κ1) is 19.8. The Morgan fingerprint density at radius 2 is 1.57 bits per heavy atom. The van der Waals surface area contributed by atoms with Gasteiger partial charge in [-0.15, -0.1) is 0 Å². The van der Waals surface area contributed by atoms with Crippen LogP contribution in [0, 0.1) is 0 Å². The zero-order chi connectivity index (χ0) is 20.3. The molecule has 1 heterocycles. The lowest BCUT2D eigenvalue weighted by molar-refractivity contribution is -0.135. The summed E-state index contributed by atoms with van der Waals surface area (Å²) in [5, 5.41) is 3.63. The maximum atomic E-state index is 12.7. The minimum absolute atomic E-state index is 0.210. The molecule has 0 spiro atoms. The van der Waals surface area contributed by atoms with Crippen LogP contribution in [0.1, 0.15) is 19.4 Å². The van der Waals surface area contributed by atoms with E-state index in [0.29, 0.717) is 46.6 Å². The SMILES string of the molecule is CCOc1ccc(NC2=C(c3ccc(Cl)cc3)C(=O)N(C)C2=O)cc1OCC. The van der Waals surface area contributed by atoms with Crippen molar-refractivity contribution in [2.75, 3.05) is 25.6 Å². The van der Waals surface area contributed by atoms with Crippen molar-refractivity contribution in [1.82, 2.24) is 4.90 Å². The van der Waals surface area contributed by atoms with Gasteiger partial charge in [0.2, 0.25) is 0 Å². The van der Waals surface area contributed by atoms with Crippen LogP contribution >= 0.6 is 11.6 Å². The summed E-state index contributed by atoms with van der Waals surface area (Å²) in [4.78, 5) is 26.4. The highest BCUT2D eigenvalue weighted by Crippen LogP contribution is 2.34. The highest BCUT2D eigenvalue weighted by molar-refractivity contribution is 6.36. The number of nitrogens with zero attached hydrogens (tertiary/aromatic N) is 1. The largest absolute Gasteiger partial charge is 0.490 e. The molecule has 146 valence electrons. The van der Waals surface area contributed by atoms with Gasteiger partial charge in [-0.05, 0) is 43.7 Å². The molecule has 0 bridgehead atoms. The van der Waals surface area contributed by atoms with E-state index in [0.717, 1.165) is 4.90 Å². The Kier molecular flexibility index (Phi) is 5.90. The van der Waals surface area contributed by atoms with Crippen molar-refractivity contribution >= 4 is 34.7 Å². The van der Waals surface area contributed by atoms with Crippen LogP contribution in [0.15, 0.2) is 48.2 Å². The van der Waals surface area contributed by atoms with Gasteiger partial charge in [0.15, 0.2) is 11.5 Å². The summed E-state index contributed by atoms with van der Waals surface area (Å²) in [6.45, 7) is 4.76. The molecule has 1 aliphatic heterocycles. The Hall–Kier alpha value is -2.99. The van der Waals surface area contributed by atoms with Crippen molar-refractivity contribution in [3.05, 3.63) is 58.7 Å². The number of imide groups is 1. The molecule has 0 fully saturated rings. The minimum atomic E-state index is -0.401. The number of carbonyl (C=O) groups is 2. The summed E-state index contributed by atoms with van der Waals surface area (Å²) >= 11 is 5.95. The Labute approximate surface area is 168 Å². The van der Waals surface area contributed by atoms with Gasteiger partial charge in [-0.3, -0.25) is 14.5 Å². The standard InChI is InChI=1S/C21H21ClN2O4/c1-4-27-16-11-10-15(12-17(16)28-5-2)23-19-18(20(25)24(3)21(19)26)13-6-8-14(22)9-7-13/h6-12,23H,4-5H2,1-3H3. The van der Waals surface area contributed by atoms with E-state index in [1.54, 1.807) is 42.5 Å². The van der Waals surface area contributed by atoms with Crippen molar-refractivity contribution < 1.29 is 19.1 Å². The molecular weight excluding hydrogens is 380 g/mol. The summed E-state index contributed by atoms with van der Waals surface area (Å²) in [7, 11) is 1.46. The van der Waals surface area contributed by atoms with Crippen LogP contribution in [0.2, 0.25) is 5.02 Å². The number of anilines is 1. The maximum absolute atomic E-state index is 12.7. The van der Waals surface area contributed by atoms with Gasteiger partial charge >= 0.3 is 0 Å². The van der Waals surface area contributed by atoms with Crippen molar-refractivity contribution in [2.24, 2.45) is 0 Å². The Morgan fingerprint density at radius 1 is 0.929 bits per heavy atom. The summed E-state index contributed by atoms with van der Waals surface area (Å²) in [5.41, 5.74) is 1.74. The van der Waals surface area contributed by atoms with Gasteiger partial charge in [0.25, 0.3) is 11.8 Å². The highest BCUT2D eigenvalue weighted by Gasteiger charge is 2.36. The quantitative estimate of drug-likeness (QED) is 0.712. The number of ether oxygens (including phenoxy) is 2. The van der Waals surface area contributed by atoms with Crippen LogP contribution in [-0.2, 0) is 9.59 Å². The molecule has 0 radical (unpaired) electrons. The van der Waals surface area contributed by atoms with Crippen LogP contribution in [0.25, 0.3) is 5.57 Å². The number of likely N-dealkylation sites (N-methyl/N-ethyl adjacent to an activating group) is 1. The van der Waals surface area contributed by atoms with Crippen molar-refractivity contribution in [1.29, 1.82) is 0 Å². The first-order valence-corrected chi connectivity index (χ1v) is 9.33. The first-order valence-electron chi connectivity index (χ1n) is 8.95. The molecule has 1 N–H and O–H groups in total. The summed E-state index contributed by atoms with van der Waals surface area (Å²) in [5.74, 6) is 0.411. The smallest absolute Gasteiger partial charge is 0.277 e. The average Bonchev–Trinajstić information content (AvgIpc) is 2.89. The monoisotopic (exact) mass is 400 g/mol. The van der Waals surface area contributed by atoms with Gasteiger partial charge in [-0.2, -0.15) is 0 Å². The number of carbonyl (C=O) groups excluding carboxylic acids is 2. The van der Waals surface area contributed by atoms with Gasteiger partial charge in [0.05, 0.1) is 18.8 Å². The summed E-state index contributed by atoms with van der Waals surface area (Å²) < 4.78 is 11.2. The van der Waals surface area contributed by atoms with E-state index >= 15 is 0 Å². The maximum Gasteiger partial charge on any atom is 0.277 e. The molecule has 3 rings (SSSR count). The van der Waals surface area contributed by atoms with Crippen molar-refractivity contribution in [3.8, 4) is 11.5 Å². The molecule has 0 saturated carbocycles. The summed E-state index contributed by atoms with van der Waals surface area (Å²) in [6.07, 6.45) is 0. The van der Waals surface area contributed by atoms with Gasteiger partial charge in [0, 0.05) is 23.8 Å². The Morgan fingerprint density at radius 3 is 2.21 bits per heavy atom. The zero-order valence-corrected chi connectivity index (χ0v) is 16.7. The van der Waals surface area contributed by atoms with E-state index in [4.69, 9.17) is 21.1 Å². The third-order valence-corrected chi connectivity index (χ3v) is 4.48. The molecule has 0 unspecified atom stereocenters. The third-order valence-electron chi connectivity index (χ3n) is 4.23. The molecule has 1 aliphatic rings. The molecule has 0 atom stereocenters. The number of amides is 2. The molecular formula is C21H21ClN2O4. The number of rotatable bonds is 7. The molecule has 2 amide bonds. The molecule has 2 aromatic rings. The zero-order valence-electron chi connectivity index (χ0n) is 15.9. The number of hydrogen-bond acceptors (Lipinski definition) is 5. The van der Waals surface area contributed by atoms with E-state index < -0.39 is 5.91 Å². The highest BCUT2D eigenvalue weighted by atomic mass is 35.5. The lowest BCUT2D eigenvalue weighted by Gasteiger charge is -2.14. The second-order valence-electron chi connectivity index (χ2n) is 6.08. The van der Waals surface area contributed by atoms with E-state index in [1.165, 1.54) is 7.05 Å². The topological polar surface area (TPSA) is 67.9 Å². The average molecular weight is 401 g/mol. The summed E-state index contributed by atoms with van der Waals surface area (Å²) in [6, 6.07) is 12.1. The fourth-order valence-corrected chi connectivity index (χ4v) is 3.04. The molecule has 0 aromatic heterocycles. The minimum Gasteiger partial charge on any atom is -0.490 e. The van der Waals surface area contributed by atoms with E-state index in [-0.39, 0.29) is 11.6 Å². The fraction of sp³-hybridized carbons (Fsp3) is 0.238. The second-order valence-corrected chi connectivity index (χ2v) is 6.52.